The molecule has 0 saturated heterocycles. The van der Waals surface area contributed by atoms with Crippen molar-refractivity contribution >= 4 is 36.3 Å². The maximum Gasteiger partial charge on any atom is 0.326 e. The monoisotopic (exact) mass is 484 g/mol. The summed E-state index contributed by atoms with van der Waals surface area (Å²) in [6.07, 6.45) is 0.322. The van der Waals surface area contributed by atoms with Crippen LogP contribution in [-0.2, 0) is 25.6 Å². The molecule has 0 saturated carbocycles. The molecule has 12 heteroatoms. The SMILES string of the molecule is CC(C)CC(NC(=O)C(CO)NC(=O)C(CS)NC(=O)C(N)Cc1ccc(O)cc1)C(=O)O. The molecule has 184 valence electrons. The first-order chi connectivity index (χ1) is 15.5. The van der Waals surface area contributed by atoms with Crippen molar-refractivity contribution in [2.24, 2.45) is 11.7 Å². The first-order valence-corrected chi connectivity index (χ1v) is 11.0. The number of aliphatic carboxylic acids is 1. The number of rotatable bonds is 13. The van der Waals surface area contributed by atoms with Gasteiger partial charge in [-0.3, -0.25) is 14.4 Å². The van der Waals surface area contributed by atoms with Gasteiger partial charge in [-0.05, 0) is 36.5 Å². The van der Waals surface area contributed by atoms with Crippen LogP contribution in [0, 0.1) is 5.92 Å². The summed E-state index contributed by atoms with van der Waals surface area (Å²) in [5.41, 5.74) is 6.60. The molecule has 11 nitrogen and oxygen atoms in total. The molecule has 4 unspecified atom stereocenters. The van der Waals surface area contributed by atoms with Crippen molar-refractivity contribution in [3.8, 4) is 5.75 Å². The van der Waals surface area contributed by atoms with Crippen molar-refractivity contribution in [1.82, 2.24) is 16.0 Å². The second kappa shape index (κ2) is 13.7. The lowest BCUT2D eigenvalue weighted by Crippen LogP contribution is -2.58. The fraction of sp³-hybridized carbons (Fsp3) is 0.524. The smallest absolute Gasteiger partial charge is 0.326 e. The van der Waals surface area contributed by atoms with E-state index in [2.05, 4.69) is 28.6 Å². The molecule has 0 fully saturated rings. The predicted octanol–water partition coefficient (Wildman–Crippen LogP) is -1.23. The number of hydrogen-bond donors (Lipinski definition) is 8. The third-order valence-electron chi connectivity index (χ3n) is 4.68. The van der Waals surface area contributed by atoms with E-state index in [-0.39, 0.29) is 30.3 Å². The summed E-state index contributed by atoms with van der Waals surface area (Å²) in [4.78, 5) is 48.7. The van der Waals surface area contributed by atoms with Gasteiger partial charge in [-0.1, -0.05) is 26.0 Å². The van der Waals surface area contributed by atoms with E-state index in [1.165, 1.54) is 12.1 Å². The summed E-state index contributed by atoms with van der Waals surface area (Å²) >= 11 is 4.05. The fourth-order valence-electron chi connectivity index (χ4n) is 2.88. The molecule has 8 N–H and O–H groups in total. The highest BCUT2D eigenvalue weighted by molar-refractivity contribution is 7.80. The van der Waals surface area contributed by atoms with Crippen LogP contribution in [0.25, 0.3) is 0 Å². The van der Waals surface area contributed by atoms with Crippen LogP contribution in [-0.4, -0.2) is 75.5 Å². The molecule has 0 aliphatic carbocycles. The van der Waals surface area contributed by atoms with E-state index >= 15 is 0 Å². The fourth-order valence-corrected chi connectivity index (χ4v) is 3.14. The number of phenols is 1. The number of aliphatic hydroxyl groups is 1. The summed E-state index contributed by atoms with van der Waals surface area (Å²) < 4.78 is 0. The molecular weight excluding hydrogens is 452 g/mol. The topological polar surface area (TPSA) is 191 Å². The number of benzene rings is 1. The molecule has 1 aromatic carbocycles. The second-order valence-corrected chi connectivity index (χ2v) is 8.36. The van der Waals surface area contributed by atoms with Crippen molar-refractivity contribution < 1.29 is 34.5 Å². The molecule has 0 aliphatic heterocycles. The van der Waals surface area contributed by atoms with Crippen molar-refractivity contribution in [1.29, 1.82) is 0 Å². The van der Waals surface area contributed by atoms with Gasteiger partial charge < -0.3 is 37.0 Å². The van der Waals surface area contributed by atoms with Gasteiger partial charge in [0.05, 0.1) is 12.6 Å². The number of amides is 3. The Bertz CT molecular complexity index is 819. The number of thiol groups is 1. The quantitative estimate of drug-likeness (QED) is 0.160. The van der Waals surface area contributed by atoms with Gasteiger partial charge in [-0.25, -0.2) is 4.79 Å². The van der Waals surface area contributed by atoms with E-state index in [4.69, 9.17) is 5.73 Å². The van der Waals surface area contributed by atoms with E-state index < -0.39 is 54.5 Å². The largest absolute Gasteiger partial charge is 0.508 e. The molecule has 0 radical (unpaired) electrons. The Morgan fingerprint density at radius 2 is 1.45 bits per heavy atom. The molecular formula is C21H32N4O7S. The third kappa shape index (κ3) is 9.68. The highest BCUT2D eigenvalue weighted by Crippen LogP contribution is 2.11. The van der Waals surface area contributed by atoms with E-state index in [9.17, 15) is 34.5 Å². The Kier molecular flexibility index (Phi) is 11.7. The van der Waals surface area contributed by atoms with Crippen molar-refractivity contribution in [2.75, 3.05) is 12.4 Å². The molecule has 0 heterocycles. The zero-order valence-corrected chi connectivity index (χ0v) is 19.4. The summed E-state index contributed by atoms with van der Waals surface area (Å²) in [5.74, 6) is -3.58. The summed E-state index contributed by atoms with van der Waals surface area (Å²) in [6, 6.07) is 1.39. The number of hydrogen-bond acceptors (Lipinski definition) is 8. The second-order valence-electron chi connectivity index (χ2n) is 7.99. The number of carboxylic acids is 1. The van der Waals surface area contributed by atoms with Gasteiger partial charge in [0.1, 0.15) is 23.9 Å². The lowest BCUT2D eigenvalue weighted by atomic mass is 10.0. The number of aromatic hydroxyl groups is 1. The zero-order valence-electron chi connectivity index (χ0n) is 18.5. The number of carboxylic acid groups (broad SMARTS) is 1. The van der Waals surface area contributed by atoms with Crippen LogP contribution in [0.4, 0.5) is 0 Å². The number of carbonyl (C=O) groups is 4. The standard InChI is InChI=1S/C21H32N4O7S/c1-11(2)7-15(21(31)32)23-19(29)16(9-26)24-20(30)17(10-33)25-18(28)14(22)8-12-3-5-13(27)6-4-12/h3-6,11,14-17,26-27,33H,7-10,22H2,1-2H3,(H,23,29)(H,24,30)(H,25,28)(H,31,32). The molecule has 4 atom stereocenters. The number of phenolic OH excluding ortho intramolecular Hbond substituents is 1. The van der Waals surface area contributed by atoms with Gasteiger partial charge in [0.15, 0.2) is 0 Å². The van der Waals surface area contributed by atoms with E-state index in [1.807, 2.05) is 0 Å². The third-order valence-corrected chi connectivity index (χ3v) is 5.05. The molecule has 0 bridgehead atoms. The highest BCUT2D eigenvalue weighted by atomic mass is 32.1. The van der Waals surface area contributed by atoms with E-state index in [1.54, 1.807) is 26.0 Å². The average molecular weight is 485 g/mol. The molecule has 0 aromatic heterocycles. The minimum absolute atomic E-state index is 0.0110. The lowest BCUT2D eigenvalue weighted by Gasteiger charge is -2.24. The summed E-state index contributed by atoms with van der Waals surface area (Å²) in [7, 11) is 0. The number of aliphatic hydroxyl groups excluding tert-OH is 1. The van der Waals surface area contributed by atoms with Crippen LogP contribution in [0.5, 0.6) is 5.75 Å². The van der Waals surface area contributed by atoms with Crippen LogP contribution >= 0.6 is 12.6 Å². The van der Waals surface area contributed by atoms with Crippen LogP contribution in [0.3, 0.4) is 0 Å². The number of nitrogens with two attached hydrogens (primary N) is 1. The molecule has 33 heavy (non-hydrogen) atoms. The lowest BCUT2D eigenvalue weighted by molar-refractivity contribution is -0.143. The van der Waals surface area contributed by atoms with Gasteiger partial charge in [-0.15, -0.1) is 0 Å². The van der Waals surface area contributed by atoms with Gasteiger partial charge in [0, 0.05) is 5.75 Å². The predicted molar refractivity (Wildman–Crippen MR) is 124 cm³/mol. The minimum atomic E-state index is -1.42. The van der Waals surface area contributed by atoms with Gasteiger partial charge in [-0.2, -0.15) is 12.6 Å². The molecule has 0 aliphatic rings. The Balaban J connectivity index is 2.71. The van der Waals surface area contributed by atoms with E-state index in [0.29, 0.717) is 5.56 Å². The van der Waals surface area contributed by atoms with Crippen LogP contribution in [0.1, 0.15) is 25.8 Å². The van der Waals surface area contributed by atoms with E-state index in [0.717, 1.165) is 0 Å². The number of carbonyl (C=O) groups excluding carboxylic acids is 3. The van der Waals surface area contributed by atoms with Crippen molar-refractivity contribution in [2.45, 2.75) is 50.9 Å². The Hall–Kier alpha value is -2.83. The number of nitrogens with one attached hydrogen (secondary N) is 3. The van der Waals surface area contributed by atoms with Gasteiger partial charge >= 0.3 is 5.97 Å². The molecule has 1 rings (SSSR count). The van der Waals surface area contributed by atoms with Crippen LogP contribution in [0.15, 0.2) is 24.3 Å². The Labute approximate surface area is 197 Å². The Morgan fingerprint density at radius 1 is 0.939 bits per heavy atom. The zero-order chi connectivity index (χ0) is 25.1. The molecule has 1 aromatic rings. The maximum absolute atomic E-state index is 12.5. The first kappa shape index (κ1) is 28.2. The van der Waals surface area contributed by atoms with Crippen molar-refractivity contribution in [3.05, 3.63) is 29.8 Å². The van der Waals surface area contributed by atoms with Crippen LogP contribution < -0.4 is 21.7 Å². The first-order valence-electron chi connectivity index (χ1n) is 10.4. The van der Waals surface area contributed by atoms with Gasteiger partial charge in [0.25, 0.3) is 0 Å². The van der Waals surface area contributed by atoms with Crippen LogP contribution in [0.2, 0.25) is 0 Å². The van der Waals surface area contributed by atoms with Crippen molar-refractivity contribution in [3.63, 3.8) is 0 Å². The minimum Gasteiger partial charge on any atom is -0.508 e. The summed E-state index contributed by atoms with van der Waals surface area (Å²) in [6.45, 7) is 2.80. The molecule has 3 amide bonds. The Morgan fingerprint density at radius 3 is 1.94 bits per heavy atom. The highest BCUT2D eigenvalue weighted by Gasteiger charge is 2.29. The summed E-state index contributed by atoms with van der Waals surface area (Å²) in [5, 5.41) is 35.1. The average Bonchev–Trinajstić information content (AvgIpc) is 2.75. The maximum atomic E-state index is 12.5. The molecule has 0 spiro atoms. The normalized spacial score (nSPS) is 14.6. The van der Waals surface area contributed by atoms with Gasteiger partial charge in [0.2, 0.25) is 17.7 Å².